The second kappa shape index (κ2) is 4.74. The fourth-order valence-electron chi connectivity index (χ4n) is 1.68. The summed E-state index contributed by atoms with van der Waals surface area (Å²) in [6, 6.07) is 9.19. The first kappa shape index (κ1) is 11.7. The normalized spacial score (nSPS) is 10.6. The lowest BCUT2D eigenvalue weighted by Crippen LogP contribution is -1.97. The van der Waals surface area contributed by atoms with Crippen LogP contribution in [-0.4, -0.2) is 17.1 Å². The third-order valence-electron chi connectivity index (χ3n) is 2.58. The lowest BCUT2D eigenvalue weighted by atomic mass is 10.3. The fourth-order valence-corrected chi connectivity index (χ4v) is 2.44. The molecule has 19 heavy (non-hydrogen) atoms. The first-order valence-corrected chi connectivity index (χ1v) is 6.47. The topological polar surface area (TPSA) is 70.3 Å². The first-order valence-electron chi connectivity index (χ1n) is 5.59. The van der Waals surface area contributed by atoms with Gasteiger partial charge in [-0.3, -0.25) is 0 Å². The molecule has 0 saturated heterocycles. The molecule has 0 radical (unpaired) electrons. The van der Waals surface area contributed by atoms with Crippen LogP contribution in [0.25, 0.3) is 10.2 Å². The van der Waals surface area contributed by atoms with Gasteiger partial charge in [0.2, 0.25) is 11.8 Å². The summed E-state index contributed by atoms with van der Waals surface area (Å²) in [6.45, 7) is 0. The van der Waals surface area contributed by atoms with Crippen molar-refractivity contribution in [3.63, 3.8) is 0 Å². The first-order chi connectivity index (χ1) is 9.26. The Bertz CT molecular complexity index is 709. The van der Waals surface area contributed by atoms with Gasteiger partial charge < -0.3 is 15.2 Å². The van der Waals surface area contributed by atoms with E-state index >= 15 is 0 Å². The van der Waals surface area contributed by atoms with E-state index in [2.05, 4.69) is 9.97 Å². The predicted molar refractivity (Wildman–Crippen MR) is 74.9 cm³/mol. The number of nitrogen functional groups attached to an aromatic ring is 1. The highest BCUT2D eigenvalue weighted by molar-refractivity contribution is 7.16. The third-order valence-corrected chi connectivity index (χ3v) is 3.39. The third kappa shape index (κ3) is 2.30. The van der Waals surface area contributed by atoms with Gasteiger partial charge >= 0.3 is 0 Å². The van der Waals surface area contributed by atoms with Crippen molar-refractivity contribution in [1.29, 1.82) is 0 Å². The minimum atomic E-state index is 0.207. The summed E-state index contributed by atoms with van der Waals surface area (Å²) in [5, 5.41) is 2.79. The van der Waals surface area contributed by atoms with Crippen LogP contribution in [0, 0.1) is 0 Å². The maximum Gasteiger partial charge on any atom is 0.232 e. The molecule has 3 rings (SSSR count). The highest BCUT2D eigenvalue weighted by Gasteiger charge is 2.09. The second-order valence-electron chi connectivity index (χ2n) is 3.80. The average Bonchev–Trinajstić information content (AvgIpc) is 2.88. The molecule has 0 amide bonds. The van der Waals surface area contributed by atoms with E-state index in [0.717, 1.165) is 16.0 Å². The van der Waals surface area contributed by atoms with Crippen LogP contribution in [0.5, 0.6) is 17.4 Å². The molecular weight excluding hydrogens is 262 g/mol. The molecule has 0 atom stereocenters. The summed E-state index contributed by atoms with van der Waals surface area (Å²) in [4.78, 5) is 9.10. The molecule has 0 spiro atoms. The Balaban J connectivity index is 1.97. The number of ether oxygens (including phenoxy) is 2. The molecule has 2 heterocycles. The summed E-state index contributed by atoms with van der Waals surface area (Å²) >= 11 is 1.50. The number of nitrogens with zero attached hydrogens (tertiary/aromatic N) is 2. The fraction of sp³-hybridized carbons (Fsp3) is 0.0769. The van der Waals surface area contributed by atoms with Crippen LogP contribution in [-0.2, 0) is 0 Å². The van der Waals surface area contributed by atoms with Crippen molar-refractivity contribution in [3.05, 3.63) is 35.7 Å². The van der Waals surface area contributed by atoms with E-state index in [0.29, 0.717) is 11.6 Å². The highest BCUT2D eigenvalue weighted by Crippen LogP contribution is 2.31. The van der Waals surface area contributed by atoms with Crippen LogP contribution in [0.3, 0.4) is 0 Å². The molecule has 6 heteroatoms. The minimum absolute atomic E-state index is 0.207. The van der Waals surface area contributed by atoms with Crippen LogP contribution in [0.2, 0.25) is 0 Å². The molecule has 2 aromatic heterocycles. The van der Waals surface area contributed by atoms with Crippen molar-refractivity contribution in [2.24, 2.45) is 0 Å². The van der Waals surface area contributed by atoms with Gasteiger partial charge in [0.05, 0.1) is 12.5 Å². The van der Waals surface area contributed by atoms with E-state index in [-0.39, 0.29) is 5.95 Å². The number of hydrogen-bond donors (Lipinski definition) is 1. The van der Waals surface area contributed by atoms with Gasteiger partial charge in [-0.25, -0.2) is 4.98 Å². The van der Waals surface area contributed by atoms with Gasteiger partial charge in [-0.1, -0.05) is 0 Å². The van der Waals surface area contributed by atoms with Gasteiger partial charge in [-0.2, -0.15) is 4.98 Å². The number of thiophene rings is 1. The quantitative estimate of drug-likeness (QED) is 0.794. The van der Waals surface area contributed by atoms with Crippen molar-refractivity contribution in [2.75, 3.05) is 12.8 Å². The van der Waals surface area contributed by atoms with Crippen LogP contribution in [0.4, 0.5) is 5.95 Å². The van der Waals surface area contributed by atoms with E-state index in [9.17, 15) is 0 Å². The summed E-state index contributed by atoms with van der Waals surface area (Å²) in [6.07, 6.45) is 0. The molecule has 0 bridgehead atoms. The monoisotopic (exact) mass is 273 g/mol. The Labute approximate surface area is 113 Å². The molecule has 3 aromatic rings. The van der Waals surface area contributed by atoms with Gasteiger partial charge in [0.25, 0.3) is 0 Å². The van der Waals surface area contributed by atoms with Gasteiger partial charge in [-0.05, 0) is 35.7 Å². The second-order valence-corrected chi connectivity index (χ2v) is 4.70. The Morgan fingerprint density at radius 3 is 2.53 bits per heavy atom. The Morgan fingerprint density at radius 1 is 1.05 bits per heavy atom. The van der Waals surface area contributed by atoms with Crippen LogP contribution in [0.1, 0.15) is 0 Å². The number of fused-ring (bicyclic) bond motifs is 1. The molecule has 0 fully saturated rings. The molecule has 2 N–H and O–H groups in total. The number of aromatic nitrogens is 2. The summed E-state index contributed by atoms with van der Waals surface area (Å²) in [5.41, 5.74) is 5.67. The van der Waals surface area contributed by atoms with E-state index in [1.807, 2.05) is 35.7 Å². The molecule has 5 nitrogen and oxygen atoms in total. The smallest absolute Gasteiger partial charge is 0.232 e. The molecule has 0 aliphatic heterocycles. The zero-order valence-electron chi connectivity index (χ0n) is 10.2. The molecule has 0 saturated carbocycles. The number of anilines is 1. The zero-order chi connectivity index (χ0) is 13.2. The van der Waals surface area contributed by atoms with E-state index in [1.165, 1.54) is 11.3 Å². The van der Waals surface area contributed by atoms with Crippen molar-refractivity contribution in [3.8, 4) is 17.4 Å². The minimum Gasteiger partial charge on any atom is -0.497 e. The summed E-state index contributed by atoms with van der Waals surface area (Å²) in [5.74, 6) is 2.12. The lowest BCUT2D eigenvalue weighted by Gasteiger charge is -2.07. The lowest BCUT2D eigenvalue weighted by molar-refractivity contribution is 0.412. The van der Waals surface area contributed by atoms with Gasteiger partial charge in [-0.15, -0.1) is 11.3 Å². The molecule has 0 aliphatic rings. The van der Waals surface area contributed by atoms with Gasteiger partial charge in [0, 0.05) is 0 Å². The Hall–Kier alpha value is -2.34. The molecular formula is C13H11N3O2S. The average molecular weight is 273 g/mol. The van der Waals surface area contributed by atoms with Crippen molar-refractivity contribution < 1.29 is 9.47 Å². The molecule has 1 aromatic carbocycles. The van der Waals surface area contributed by atoms with E-state index in [4.69, 9.17) is 15.2 Å². The number of methoxy groups -OCH3 is 1. The number of hydrogen-bond acceptors (Lipinski definition) is 6. The Kier molecular flexibility index (Phi) is 2.92. The largest absolute Gasteiger partial charge is 0.497 e. The van der Waals surface area contributed by atoms with Gasteiger partial charge in [0.15, 0.2) is 0 Å². The highest BCUT2D eigenvalue weighted by atomic mass is 32.1. The van der Waals surface area contributed by atoms with Crippen LogP contribution >= 0.6 is 11.3 Å². The number of rotatable bonds is 3. The van der Waals surface area contributed by atoms with Gasteiger partial charge in [0.1, 0.15) is 16.3 Å². The number of nitrogens with two attached hydrogens (primary N) is 1. The summed E-state index contributed by atoms with van der Waals surface area (Å²) in [7, 11) is 1.62. The van der Waals surface area contributed by atoms with Crippen molar-refractivity contribution >= 4 is 27.5 Å². The van der Waals surface area contributed by atoms with Crippen molar-refractivity contribution in [1.82, 2.24) is 9.97 Å². The standard InChI is InChI=1S/C13H11N3O2S/c1-17-8-2-4-9(5-3-8)18-11-10-6-7-19-12(10)16-13(14)15-11/h2-7H,1H3,(H2,14,15,16). The van der Waals surface area contributed by atoms with Crippen LogP contribution in [0.15, 0.2) is 35.7 Å². The Morgan fingerprint density at radius 2 is 1.79 bits per heavy atom. The van der Waals surface area contributed by atoms with Crippen LogP contribution < -0.4 is 15.2 Å². The zero-order valence-corrected chi connectivity index (χ0v) is 11.0. The molecule has 0 unspecified atom stereocenters. The predicted octanol–water partition coefficient (Wildman–Crippen LogP) is 3.07. The van der Waals surface area contributed by atoms with Crippen molar-refractivity contribution in [2.45, 2.75) is 0 Å². The van der Waals surface area contributed by atoms with E-state index < -0.39 is 0 Å². The maximum absolute atomic E-state index is 5.75. The molecule has 96 valence electrons. The number of benzene rings is 1. The molecule has 0 aliphatic carbocycles. The van der Waals surface area contributed by atoms with E-state index in [1.54, 1.807) is 7.11 Å². The summed E-state index contributed by atoms with van der Waals surface area (Å²) < 4.78 is 10.8. The maximum atomic E-state index is 5.75. The SMILES string of the molecule is COc1ccc(Oc2nc(N)nc3sccc23)cc1.